The fourth-order valence-electron chi connectivity index (χ4n) is 0.816. The van der Waals surface area contributed by atoms with Crippen molar-refractivity contribution in [3.8, 4) is 0 Å². The Balaban J connectivity index is 3.96. The number of carbonyl (C=O) groups is 2. The molecule has 16 heavy (non-hydrogen) atoms. The Morgan fingerprint density at radius 3 is 2.50 bits per heavy atom. The molecule has 0 aliphatic carbocycles. The molecule has 0 spiro atoms. The van der Waals surface area contributed by atoms with Crippen LogP contribution in [0.5, 0.6) is 0 Å². The van der Waals surface area contributed by atoms with E-state index in [1.807, 2.05) is 6.08 Å². The Morgan fingerprint density at radius 1 is 1.38 bits per heavy atom. The van der Waals surface area contributed by atoms with Gasteiger partial charge in [-0.15, -0.1) is 0 Å². The number of nitrogens with one attached hydrogen (secondary N) is 1. The van der Waals surface area contributed by atoms with Gasteiger partial charge in [0.2, 0.25) is 5.91 Å². The van der Waals surface area contributed by atoms with E-state index < -0.39 is 11.9 Å². The largest absolute Gasteiger partial charge is 0.477 e. The minimum absolute atomic E-state index is 0.333. The molecule has 0 aliphatic rings. The van der Waals surface area contributed by atoms with Gasteiger partial charge in [0, 0.05) is 6.08 Å². The van der Waals surface area contributed by atoms with Crippen LogP contribution in [0.1, 0.15) is 20.3 Å². The van der Waals surface area contributed by atoms with Crippen LogP contribution < -0.4 is 5.32 Å². The molecule has 0 bridgehead atoms. The van der Waals surface area contributed by atoms with Gasteiger partial charge in [0.1, 0.15) is 5.70 Å². The van der Waals surface area contributed by atoms with Crippen LogP contribution in [0.3, 0.4) is 0 Å². The molecule has 0 saturated heterocycles. The van der Waals surface area contributed by atoms with Gasteiger partial charge in [0.05, 0.1) is 0 Å². The average Bonchev–Trinajstić information content (AvgIpc) is 2.16. The molecule has 0 unspecified atom stereocenters. The smallest absolute Gasteiger partial charge is 0.351 e. The van der Waals surface area contributed by atoms with Gasteiger partial charge in [-0.25, -0.2) is 4.79 Å². The minimum Gasteiger partial charge on any atom is -0.477 e. The van der Waals surface area contributed by atoms with Crippen LogP contribution in [-0.4, -0.2) is 17.0 Å². The third-order valence-corrected chi connectivity index (χ3v) is 1.63. The zero-order chi connectivity index (χ0) is 12.6. The molecule has 0 aliphatic heterocycles. The van der Waals surface area contributed by atoms with Crippen molar-refractivity contribution in [3.63, 3.8) is 0 Å². The molecule has 0 radical (unpaired) electrons. The molecule has 0 heterocycles. The lowest BCUT2D eigenvalue weighted by molar-refractivity contribution is -0.134. The maximum absolute atomic E-state index is 11.1. The molecule has 4 nitrogen and oxygen atoms in total. The van der Waals surface area contributed by atoms with Crippen molar-refractivity contribution in [1.82, 2.24) is 5.32 Å². The zero-order valence-electron chi connectivity index (χ0n) is 9.56. The number of carboxylic acids is 1. The van der Waals surface area contributed by atoms with Crippen LogP contribution in [0.4, 0.5) is 0 Å². The summed E-state index contributed by atoms with van der Waals surface area (Å²) in [5, 5.41) is 10.6. The molecule has 0 atom stereocenters. The van der Waals surface area contributed by atoms with Gasteiger partial charge in [-0.1, -0.05) is 38.7 Å². The maximum Gasteiger partial charge on any atom is 0.351 e. The SMILES string of the molecule is C=C(NC(=O)C=CC=CCC(C)C)C(=O)O. The lowest BCUT2D eigenvalue weighted by atomic mass is 10.1. The number of hydrogen-bond donors (Lipinski definition) is 2. The first-order chi connectivity index (χ1) is 7.43. The van der Waals surface area contributed by atoms with Crippen molar-refractivity contribution < 1.29 is 14.7 Å². The second kappa shape index (κ2) is 7.45. The van der Waals surface area contributed by atoms with Gasteiger partial charge in [-0.2, -0.15) is 0 Å². The minimum atomic E-state index is -1.24. The molecule has 2 N–H and O–H groups in total. The second-order valence-corrected chi connectivity index (χ2v) is 3.69. The van der Waals surface area contributed by atoms with E-state index in [4.69, 9.17) is 5.11 Å². The summed E-state index contributed by atoms with van der Waals surface area (Å²) in [6.07, 6.45) is 7.45. The monoisotopic (exact) mass is 223 g/mol. The molecular formula is C12H17NO3. The van der Waals surface area contributed by atoms with Gasteiger partial charge >= 0.3 is 5.97 Å². The van der Waals surface area contributed by atoms with Crippen LogP contribution in [0.2, 0.25) is 0 Å². The lowest BCUT2D eigenvalue weighted by Crippen LogP contribution is -2.24. The summed E-state index contributed by atoms with van der Waals surface area (Å²) < 4.78 is 0. The summed E-state index contributed by atoms with van der Waals surface area (Å²) in [4.78, 5) is 21.4. The summed E-state index contributed by atoms with van der Waals surface area (Å²) >= 11 is 0. The van der Waals surface area contributed by atoms with Crippen molar-refractivity contribution in [1.29, 1.82) is 0 Å². The quantitative estimate of drug-likeness (QED) is 0.533. The van der Waals surface area contributed by atoms with Crippen molar-refractivity contribution in [3.05, 3.63) is 36.6 Å². The highest BCUT2D eigenvalue weighted by atomic mass is 16.4. The van der Waals surface area contributed by atoms with Gasteiger partial charge in [0.15, 0.2) is 0 Å². The van der Waals surface area contributed by atoms with Crippen LogP contribution in [0, 0.1) is 5.92 Å². The Hall–Kier alpha value is -1.84. The third-order valence-electron chi connectivity index (χ3n) is 1.63. The number of allylic oxidation sites excluding steroid dienone is 3. The van der Waals surface area contributed by atoms with Crippen LogP contribution >= 0.6 is 0 Å². The topological polar surface area (TPSA) is 66.4 Å². The predicted molar refractivity (Wildman–Crippen MR) is 62.7 cm³/mol. The van der Waals surface area contributed by atoms with Gasteiger partial charge in [-0.05, 0) is 12.3 Å². The Bertz CT molecular complexity index is 327. The van der Waals surface area contributed by atoms with Crippen LogP contribution in [0.15, 0.2) is 36.6 Å². The van der Waals surface area contributed by atoms with E-state index in [1.165, 1.54) is 6.08 Å². The molecule has 0 rings (SSSR count). The molecule has 0 aromatic rings. The third kappa shape index (κ3) is 7.55. The molecule has 88 valence electrons. The van der Waals surface area contributed by atoms with E-state index in [1.54, 1.807) is 12.2 Å². The van der Waals surface area contributed by atoms with Gasteiger partial charge in [0.25, 0.3) is 0 Å². The maximum atomic E-state index is 11.1. The lowest BCUT2D eigenvalue weighted by Gasteiger charge is -1.98. The van der Waals surface area contributed by atoms with Crippen molar-refractivity contribution in [2.45, 2.75) is 20.3 Å². The van der Waals surface area contributed by atoms with Crippen molar-refractivity contribution in [2.75, 3.05) is 0 Å². The van der Waals surface area contributed by atoms with E-state index in [0.29, 0.717) is 5.92 Å². The summed E-state index contributed by atoms with van der Waals surface area (Å²) in [7, 11) is 0. The summed E-state index contributed by atoms with van der Waals surface area (Å²) in [6, 6.07) is 0. The number of hydrogen-bond acceptors (Lipinski definition) is 2. The van der Waals surface area contributed by atoms with E-state index in [2.05, 4.69) is 25.7 Å². The fourth-order valence-corrected chi connectivity index (χ4v) is 0.816. The zero-order valence-corrected chi connectivity index (χ0v) is 9.56. The number of amides is 1. The molecular weight excluding hydrogens is 206 g/mol. The highest BCUT2D eigenvalue weighted by molar-refractivity contribution is 5.96. The average molecular weight is 223 g/mol. The summed E-state index contributed by atoms with van der Waals surface area (Å²) in [5.74, 6) is -1.16. The first kappa shape index (κ1) is 14.2. The van der Waals surface area contributed by atoms with Crippen molar-refractivity contribution >= 4 is 11.9 Å². The molecule has 4 heteroatoms. The number of rotatable bonds is 6. The van der Waals surface area contributed by atoms with Gasteiger partial charge in [-0.3, -0.25) is 4.79 Å². The molecule has 0 aromatic carbocycles. The van der Waals surface area contributed by atoms with Crippen LogP contribution in [0.25, 0.3) is 0 Å². The summed E-state index contributed by atoms with van der Waals surface area (Å²) in [5.41, 5.74) is -0.333. The first-order valence-electron chi connectivity index (χ1n) is 5.00. The Morgan fingerprint density at radius 2 is 2.00 bits per heavy atom. The van der Waals surface area contributed by atoms with E-state index >= 15 is 0 Å². The Labute approximate surface area is 95.4 Å². The highest BCUT2D eigenvalue weighted by Crippen LogP contribution is 1.99. The number of carbonyl (C=O) groups excluding carboxylic acids is 1. The predicted octanol–water partition coefficient (Wildman–Crippen LogP) is 1.86. The van der Waals surface area contributed by atoms with Gasteiger partial charge < -0.3 is 10.4 Å². The molecule has 1 amide bonds. The van der Waals surface area contributed by atoms with Crippen molar-refractivity contribution in [2.24, 2.45) is 5.92 Å². The number of carboxylic acid groups (broad SMARTS) is 1. The highest BCUT2D eigenvalue weighted by Gasteiger charge is 2.04. The molecule has 0 saturated carbocycles. The van der Waals surface area contributed by atoms with E-state index in [-0.39, 0.29) is 5.70 Å². The summed E-state index contributed by atoms with van der Waals surface area (Å²) in [6.45, 7) is 7.37. The van der Waals surface area contributed by atoms with E-state index in [0.717, 1.165) is 6.42 Å². The Kier molecular flexibility index (Phi) is 6.59. The molecule has 0 aromatic heterocycles. The van der Waals surface area contributed by atoms with Crippen LogP contribution in [-0.2, 0) is 9.59 Å². The number of aliphatic carboxylic acids is 1. The van der Waals surface area contributed by atoms with E-state index in [9.17, 15) is 9.59 Å². The standard InChI is InChI=1S/C12H17NO3/c1-9(2)7-5-4-6-8-11(14)13-10(3)12(15)16/h4-6,8-9H,3,7H2,1-2H3,(H,13,14)(H,15,16). The fraction of sp³-hybridized carbons (Fsp3) is 0.333. The molecule has 0 fully saturated rings. The second-order valence-electron chi connectivity index (χ2n) is 3.69. The normalized spacial score (nSPS) is 11.2. The first-order valence-corrected chi connectivity index (χ1v) is 5.00.